The molecule has 0 saturated carbocycles. The monoisotopic (exact) mass is 271 g/mol. The lowest BCUT2D eigenvalue weighted by molar-refractivity contribution is 0.231. The summed E-state index contributed by atoms with van der Waals surface area (Å²) in [5.74, 6) is -1.30. The number of rotatable bonds is 7. The molecule has 0 aliphatic carbocycles. The van der Waals surface area contributed by atoms with Gasteiger partial charge in [-0.15, -0.1) is 0 Å². The SMILES string of the molecule is CCCC(C)COc1c(F)cc(CC(C)N)cc1F. The zero-order chi connectivity index (χ0) is 14.4. The van der Waals surface area contributed by atoms with Gasteiger partial charge in [0.2, 0.25) is 0 Å². The van der Waals surface area contributed by atoms with E-state index in [2.05, 4.69) is 6.92 Å². The molecule has 2 N–H and O–H groups in total. The van der Waals surface area contributed by atoms with Gasteiger partial charge < -0.3 is 10.5 Å². The van der Waals surface area contributed by atoms with Gasteiger partial charge in [0.1, 0.15) is 0 Å². The minimum Gasteiger partial charge on any atom is -0.487 e. The molecule has 0 saturated heterocycles. The maximum Gasteiger partial charge on any atom is 0.190 e. The molecule has 0 amide bonds. The molecule has 2 atom stereocenters. The highest BCUT2D eigenvalue weighted by atomic mass is 19.1. The summed E-state index contributed by atoms with van der Waals surface area (Å²) >= 11 is 0. The molecule has 0 radical (unpaired) electrons. The van der Waals surface area contributed by atoms with Gasteiger partial charge in [-0.2, -0.15) is 0 Å². The van der Waals surface area contributed by atoms with Gasteiger partial charge in [-0.3, -0.25) is 0 Å². The van der Waals surface area contributed by atoms with Crippen molar-refractivity contribution in [2.24, 2.45) is 11.7 Å². The van der Waals surface area contributed by atoms with Crippen molar-refractivity contribution in [3.05, 3.63) is 29.3 Å². The first-order valence-corrected chi connectivity index (χ1v) is 6.80. The van der Waals surface area contributed by atoms with Crippen molar-refractivity contribution in [3.8, 4) is 5.75 Å². The first kappa shape index (κ1) is 15.9. The van der Waals surface area contributed by atoms with Crippen LogP contribution in [0.5, 0.6) is 5.75 Å². The second-order valence-electron chi connectivity index (χ2n) is 5.27. The van der Waals surface area contributed by atoms with Gasteiger partial charge in [0.25, 0.3) is 0 Å². The molecule has 2 unspecified atom stereocenters. The van der Waals surface area contributed by atoms with E-state index in [0.717, 1.165) is 12.8 Å². The highest BCUT2D eigenvalue weighted by Crippen LogP contribution is 2.24. The zero-order valence-corrected chi connectivity index (χ0v) is 11.9. The molecule has 1 aromatic rings. The smallest absolute Gasteiger partial charge is 0.190 e. The molecule has 4 heteroatoms. The molecule has 0 aliphatic rings. The number of halogens is 2. The number of hydrogen-bond acceptors (Lipinski definition) is 2. The molecule has 19 heavy (non-hydrogen) atoms. The summed E-state index contributed by atoms with van der Waals surface area (Å²) < 4.78 is 32.8. The van der Waals surface area contributed by atoms with Gasteiger partial charge in [0, 0.05) is 6.04 Å². The Bertz CT molecular complexity index is 384. The summed E-state index contributed by atoms with van der Waals surface area (Å²) in [7, 11) is 0. The normalized spacial score (nSPS) is 14.2. The van der Waals surface area contributed by atoms with E-state index in [9.17, 15) is 8.78 Å². The van der Waals surface area contributed by atoms with Crippen molar-refractivity contribution in [2.45, 2.75) is 46.1 Å². The van der Waals surface area contributed by atoms with Crippen LogP contribution in [0.25, 0.3) is 0 Å². The van der Waals surface area contributed by atoms with Crippen LogP contribution >= 0.6 is 0 Å². The molecule has 0 spiro atoms. The van der Waals surface area contributed by atoms with Crippen LogP contribution in [0.1, 0.15) is 39.2 Å². The highest BCUT2D eigenvalue weighted by Gasteiger charge is 2.14. The third-order valence-electron chi connectivity index (χ3n) is 2.91. The molecule has 0 bridgehead atoms. The van der Waals surface area contributed by atoms with Crippen LogP contribution in [0.4, 0.5) is 8.78 Å². The summed E-state index contributed by atoms with van der Waals surface area (Å²) in [4.78, 5) is 0. The van der Waals surface area contributed by atoms with Crippen LogP contribution in [0, 0.1) is 17.6 Å². The summed E-state index contributed by atoms with van der Waals surface area (Å²) in [6.07, 6.45) is 2.45. The summed E-state index contributed by atoms with van der Waals surface area (Å²) in [5.41, 5.74) is 6.17. The standard InChI is InChI=1S/C15H23F2NO/c1-4-5-10(2)9-19-15-13(16)7-12(6-11(3)18)8-14(15)17/h7-8,10-11H,4-6,9,18H2,1-3H3. The van der Waals surface area contributed by atoms with Crippen molar-refractivity contribution < 1.29 is 13.5 Å². The van der Waals surface area contributed by atoms with Crippen LogP contribution in [-0.4, -0.2) is 12.6 Å². The average molecular weight is 271 g/mol. The van der Waals surface area contributed by atoms with Crippen LogP contribution in [0.15, 0.2) is 12.1 Å². The lowest BCUT2D eigenvalue weighted by Crippen LogP contribution is -2.18. The van der Waals surface area contributed by atoms with Crippen LogP contribution < -0.4 is 10.5 Å². The summed E-state index contributed by atoms with van der Waals surface area (Å²) in [6.45, 7) is 6.20. The lowest BCUT2D eigenvalue weighted by Gasteiger charge is -2.14. The van der Waals surface area contributed by atoms with Gasteiger partial charge in [-0.25, -0.2) is 8.78 Å². The maximum absolute atomic E-state index is 13.8. The van der Waals surface area contributed by atoms with Crippen molar-refractivity contribution in [1.29, 1.82) is 0 Å². The van der Waals surface area contributed by atoms with Crippen LogP contribution in [-0.2, 0) is 6.42 Å². The van der Waals surface area contributed by atoms with E-state index >= 15 is 0 Å². The van der Waals surface area contributed by atoms with Gasteiger partial charge in [-0.1, -0.05) is 20.3 Å². The molecule has 108 valence electrons. The van der Waals surface area contributed by atoms with E-state index in [0.29, 0.717) is 18.6 Å². The predicted octanol–water partition coefficient (Wildman–Crippen LogP) is 3.67. The van der Waals surface area contributed by atoms with E-state index in [1.54, 1.807) is 6.92 Å². The van der Waals surface area contributed by atoms with Crippen molar-refractivity contribution in [3.63, 3.8) is 0 Å². The predicted molar refractivity (Wildman–Crippen MR) is 73.3 cm³/mol. The lowest BCUT2D eigenvalue weighted by atomic mass is 10.1. The molecule has 0 heterocycles. The van der Waals surface area contributed by atoms with Gasteiger partial charge in [0.05, 0.1) is 6.61 Å². The largest absolute Gasteiger partial charge is 0.487 e. The van der Waals surface area contributed by atoms with Crippen molar-refractivity contribution in [1.82, 2.24) is 0 Å². The maximum atomic E-state index is 13.8. The molecule has 0 aromatic heterocycles. The molecular weight excluding hydrogens is 248 g/mol. The van der Waals surface area contributed by atoms with E-state index in [1.807, 2.05) is 6.92 Å². The molecule has 0 fully saturated rings. The Morgan fingerprint density at radius 3 is 2.26 bits per heavy atom. The molecular formula is C15H23F2NO. The van der Waals surface area contributed by atoms with Crippen molar-refractivity contribution >= 4 is 0 Å². The van der Waals surface area contributed by atoms with Crippen LogP contribution in [0.3, 0.4) is 0 Å². The minimum absolute atomic E-state index is 0.129. The number of benzene rings is 1. The second kappa shape index (κ2) is 7.43. The fourth-order valence-corrected chi connectivity index (χ4v) is 2.04. The second-order valence-corrected chi connectivity index (χ2v) is 5.27. The third kappa shape index (κ3) is 5.15. The van der Waals surface area contributed by atoms with E-state index in [1.165, 1.54) is 12.1 Å². The fraction of sp³-hybridized carbons (Fsp3) is 0.600. The number of nitrogens with two attached hydrogens (primary N) is 1. The van der Waals surface area contributed by atoms with Gasteiger partial charge >= 0.3 is 0 Å². The summed E-state index contributed by atoms with van der Waals surface area (Å²) in [5, 5.41) is 0. The Morgan fingerprint density at radius 1 is 1.21 bits per heavy atom. The average Bonchev–Trinajstić information content (AvgIpc) is 2.27. The van der Waals surface area contributed by atoms with E-state index in [4.69, 9.17) is 10.5 Å². The Morgan fingerprint density at radius 2 is 1.79 bits per heavy atom. The fourth-order valence-electron chi connectivity index (χ4n) is 2.04. The van der Waals surface area contributed by atoms with Crippen LogP contribution in [0.2, 0.25) is 0 Å². The number of hydrogen-bond donors (Lipinski definition) is 1. The Hall–Kier alpha value is -1.16. The molecule has 0 aliphatic heterocycles. The summed E-state index contributed by atoms with van der Waals surface area (Å²) in [6, 6.07) is 2.47. The number of ether oxygens (including phenoxy) is 1. The zero-order valence-electron chi connectivity index (χ0n) is 11.9. The highest BCUT2D eigenvalue weighted by molar-refractivity contribution is 5.31. The topological polar surface area (TPSA) is 35.2 Å². The Balaban J connectivity index is 2.74. The molecule has 1 rings (SSSR count). The third-order valence-corrected chi connectivity index (χ3v) is 2.91. The molecule has 1 aromatic carbocycles. The van der Waals surface area contributed by atoms with E-state index in [-0.39, 0.29) is 17.7 Å². The Kier molecular flexibility index (Phi) is 6.22. The first-order valence-electron chi connectivity index (χ1n) is 6.80. The quantitative estimate of drug-likeness (QED) is 0.821. The van der Waals surface area contributed by atoms with Crippen molar-refractivity contribution in [2.75, 3.05) is 6.61 Å². The van der Waals surface area contributed by atoms with E-state index < -0.39 is 11.6 Å². The molecule has 2 nitrogen and oxygen atoms in total. The Labute approximate surface area is 114 Å². The van der Waals surface area contributed by atoms with Gasteiger partial charge in [-0.05, 0) is 43.4 Å². The van der Waals surface area contributed by atoms with Gasteiger partial charge in [0.15, 0.2) is 17.4 Å². The first-order chi connectivity index (χ1) is 8.93. The minimum atomic E-state index is -0.653.